The van der Waals surface area contributed by atoms with Crippen molar-refractivity contribution in [3.05, 3.63) is 22.7 Å². The SMILES string of the molecule is CC(C)=C(C)C(C)=C(OO)OO. The van der Waals surface area contributed by atoms with Crippen molar-refractivity contribution >= 4 is 0 Å². The van der Waals surface area contributed by atoms with E-state index in [1.54, 1.807) is 6.92 Å². The summed E-state index contributed by atoms with van der Waals surface area (Å²) in [4.78, 5) is 7.61. The fourth-order valence-corrected chi connectivity index (χ4v) is 0.682. The van der Waals surface area contributed by atoms with Crippen molar-refractivity contribution in [2.75, 3.05) is 0 Å². The van der Waals surface area contributed by atoms with Gasteiger partial charge in [0.2, 0.25) is 0 Å². The second kappa shape index (κ2) is 4.79. The zero-order valence-corrected chi connectivity index (χ0v) is 7.71. The highest BCUT2D eigenvalue weighted by Gasteiger charge is 2.08. The van der Waals surface area contributed by atoms with E-state index in [1.807, 2.05) is 20.8 Å². The topological polar surface area (TPSA) is 58.9 Å². The molecule has 4 nitrogen and oxygen atoms in total. The van der Waals surface area contributed by atoms with Crippen LogP contribution in [0.15, 0.2) is 22.7 Å². The largest absolute Gasteiger partial charge is 0.355 e. The highest BCUT2D eigenvalue weighted by atomic mass is 17.2. The first-order valence-corrected chi connectivity index (χ1v) is 3.52. The van der Waals surface area contributed by atoms with Crippen LogP contribution in [0.5, 0.6) is 0 Å². The lowest BCUT2D eigenvalue weighted by molar-refractivity contribution is -0.326. The van der Waals surface area contributed by atoms with Gasteiger partial charge >= 0.3 is 5.95 Å². The fraction of sp³-hybridized carbons (Fsp3) is 0.500. The predicted octanol–water partition coefficient (Wildman–Crippen LogP) is 2.55. The lowest BCUT2D eigenvalue weighted by Gasteiger charge is -2.06. The zero-order chi connectivity index (χ0) is 9.72. The highest BCUT2D eigenvalue weighted by Crippen LogP contribution is 2.17. The van der Waals surface area contributed by atoms with E-state index < -0.39 is 0 Å². The van der Waals surface area contributed by atoms with Gasteiger partial charge in [-0.05, 0) is 33.3 Å². The van der Waals surface area contributed by atoms with Crippen molar-refractivity contribution in [1.82, 2.24) is 0 Å². The second-order valence-electron chi connectivity index (χ2n) is 2.72. The first-order chi connectivity index (χ1) is 5.54. The van der Waals surface area contributed by atoms with E-state index in [-0.39, 0.29) is 5.95 Å². The first-order valence-electron chi connectivity index (χ1n) is 3.52. The van der Waals surface area contributed by atoms with Crippen LogP contribution in [0.1, 0.15) is 27.7 Å². The van der Waals surface area contributed by atoms with Crippen LogP contribution < -0.4 is 0 Å². The summed E-state index contributed by atoms with van der Waals surface area (Å²) < 4.78 is 0. The lowest BCUT2D eigenvalue weighted by Crippen LogP contribution is -1.97. The fourth-order valence-electron chi connectivity index (χ4n) is 0.682. The smallest absolute Gasteiger partial charge is 0.297 e. The molecule has 0 fully saturated rings. The molecule has 0 atom stereocenters. The molecule has 0 bridgehead atoms. The molecule has 0 radical (unpaired) electrons. The van der Waals surface area contributed by atoms with Crippen LogP contribution in [-0.4, -0.2) is 10.5 Å². The minimum absolute atomic E-state index is 0.297. The number of hydrogen-bond donors (Lipinski definition) is 2. The maximum absolute atomic E-state index is 8.26. The van der Waals surface area contributed by atoms with Crippen molar-refractivity contribution in [2.24, 2.45) is 0 Å². The first kappa shape index (κ1) is 11.0. The lowest BCUT2D eigenvalue weighted by atomic mass is 10.1. The number of rotatable bonds is 3. The van der Waals surface area contributed by atoms with Gasteiger partial charge in [-0.3, -0.25) is 9.78 Å². The Balaban J connectivity index is 4.88. The molecule has 2 N–H and O–H groups in total. The molecule has 0 amide bonds. The maximum Gasteiger partial charge on any atom is 0.355 e. The molecular weight excluding hydrogens is 160 g/mol. The van der Waals surface area contributed by atoms with Gasteiger partial charge in [-0.25, -0.2) is 0 Å². The molecular formula is C8H14O4. The molecule has 0 saturated carbocycles. The Morgan fingerprint density at radius 1 is 0.833 bits per heavy atom. The normalized spacial score (nSPS) is 8.83. The highest BCUT2D eigenvalue weighted by molar-refractivity contribution is 5.30. The quantitative estimate of drug-likeness (QED) is 0.299. The van der Waals surface area contributed by atoms with Crippen LogP contribution in [0.25, 0.3) is 0 Å². The minimum atomic E-state index is -0.297. The van der Waals surface area contributed by atoms with E-state index >= 15 is 0 Å². The summed E-state index contributed by atoms with van der Waals surface area (Å²) in [6.45, 7) is 7.32. The Labute approximate surface area is 71.6 Å². The van der Waals surface area contributed by atoms with Crippen molar-refractivity contribution in [3.8, 4) is 0 Å². The summed E-state index contributed by atoms with van der Waals surface area (Å²) in [7, 11) is 0. The zero-order valence-electron chi connectivity index (χ0n) is 7.71. The van der Waals surface area contributed by atoms with Crippen molar-refractivity contribution in [3.63, 3.8) is 0 Å². The summed E-state index contributed by atoms with van der Waals surface area (Å²) in [5, 5.41) is 16.5. The Hall–Kier alpha value is -1.00. The molecule has 0 spiro atoms. The molecule has 0 aromatic carbocycles. The Kier molecular flexibility index (Phi) is 4.39. The van der Waals surface area contributed by atoms with Gasteiger partial charge in [0.05, 0.1) is 0 Å². The van der Waals surface area contributed by atoms with Gasteiger partial charge in [0.1, 0.15) is 0 Å². The summed E-state index contributed by atoms with van der Waals surface area (Å²) in [6, 6.07) is 0. The van der Waals surface area contributed by atoms with Gasteiger partial charge in [-0.1, -0.05) is 5.57 Å². The molecule has 12 heavy (non-hydrogen) atoms. The van der Waals surface area contributed by atoms with E-state index in [1.165, 1.54) is 0 Å². The molecule has 0 aliphatic heterocycles. The van der Waals surface area contributed by atoms with E-state index in [0.29, 0.717) is 5.57 Å². The van der Waals surface area contributed by atoms with Gasteiger partial charge in [0.15, 0.2) is 0 Å². The third kappa shape index (κ3) is 2.56. The molecule has 4 heteroatoms. The van der Waals surface area contributed by atoms with E-state index in [2.05, 4.69) is 9.78 Å². The second-order valence-corrected chi connectivity index (χ2v) is 2.72. The van der Waals surface area contributed by atoms with Crippen LogP contribution >= 0.6 is 0 Å². The molecule has 0 aliphatic rings. The van der Waals surface area contributed by atoms with E-state index in [0.717, 1.165) is 11.1 Å². The summed E-state index contributed by atoms with van der Waals surface area (Å²) in [5.74, 6) is -0.297. The summed E-state index contributed by atoms with van der Waals surface area (Å²) >= 11 is 0. The number of allylic oxidation sites excluding steroid dienone is 3. The molecule has 0 heterocycles. The Morgan fingerprint density at radius 3 is 1.50 bits per heavy atom. The third-order valence-electron chi connectivity index (χ3n) is 1.78. The van der Waals surface area contributed by atoms with Crippen LogP contribution in [0.3, 0.4) is 0 Å². The third-order valence-corrected chi connectivity index (χ3v) is 1.78. The molecule has 0 aliphatic carbocycles. The van der Waals surface area contributed by atoms with Gasteiger partial charge in [0, 0.05) is 5.57 Å². The average Bonchev–Trinajstić information content (AvgIpc) is 2.05. The summed E-state index contributed by atoms with van der Waals surface area (Å²) in [5.41, 5.74) is 2.51. The van der Waals surface area contributed by atoms with Crippen molar-refractivity contribution < 1.29 is 20.3 Å². The molecule has 0 unspecified atom stereocenters. The monoisotopic (exact) mass is 174 g/mol. The minimum Gasteiger partial charge on any atom is -0.297 e. The standard InChI is InChI=1S/C8H14O4/c1-5(2)6(3)7(4)8(11-9)12-10/h9-10H,1-4H3. The Bertz CT molecular complexity index is 205. The molecule has 0 saturated heterocycles. The van der Waals surface area contributed by atoms with Gasteiger partial charge in [-0.15, -0.1) is 0 Å². The average molecular weight is 174 g/mol. The summed E-state index contributed by atoms with van der Waals surface area (Å²) in [6.07, 6.45) is 0. The molecule has 0 aromatic heterocycles. The molecule has 0 aromatic rings. The van der Waals surface area contributed by atoms with Crippen LogP contribution in [-0.2, 0) is 9.78 Å². The van der Waals surface area contributed by atoms with Crippen molar-refractivity contribution in [1.29, 1.82) is 0 Å². The molecule has 70 valence electrons. The van der Waals surface area contributed by atoms with Crippen LogP contribution in [0.2, 0.25) is 0 Å². The maximum atomic E-state index is 8.26. The van der Waals surface area contributed by atoms with Gasteiger partial charge in [-0.2, -0.15) is 10.5 Å². The van der Waals surface area contributed by atoms with Crippen molar-refractivity contribution in [2.45, 2.75) is 27.7 Å². The predicted molar refractivity (Wildman–Crippen MR) is 44.2 cm³/mol. The van der Waals surface area contributed by atoms with Gasteiger partial charge in [0.25, 0.3) is 0 Å². The molecule has 0 rings (SSSR count). The van der Waals surface area contributed by atoms with E-state index in [9.17, 15) is 0 Å². The Morgan fingerprint density at radius 2 is 1.25 bits per heavy atom. The van der Waals surface area contributed by atoms with Crippen LogP contribution in [0.4, 0.5) is 0 Å². The number of hydrogen-bond acceptors (Lipinski definition) is 4. The van der Waals surface area contributed by atoms with E-state index in [4.69, 9.17) is 10.5 Å². The van der Waals surface area contributed by atoms with Crippen LogP contribution in [0, 0.1) is 0 Å². The van der Waals surface area contributed by atoms with Gasteiger partial charge < -0.3 is 0 Å².